The van der Waals surface area contributed by atoms with Gasteiger partial charge in [-0.1, -0.05) is 0 Å². The third kappa shape index (κ3) is 3.13. The van der Waals surface area contributed by atoms with Crippen LogP contribution in [0.5, 0.6) is 0 Å². The highest BCUT2D eigenvalue weighted by molar-refractivity contribution is 7.23. The van der Waals surface area contributed by atoms with E-state index in [9.17, 15) is 17.7 Å². The van der Waals surface area contributed by atoms with E-state index >= 15 is 0 Å². The zero-order valence-corrected chi connectivity index (χ0v) is 6.08. The summed E-state index contributed by atoms with van der Waals surface area (Å²) in [4.78, 5) is 0. The zero-order chi connectivity index (χ0) is 8.20. The van der Waals surface area contributed by atoms with Crippen LogP contribution in [0.1, 0.15) is 0 Å². The van der Waals surface area contributed by atoms with E-state index in [0.717, 1.165) is 7.11 Å². The van der Waals surface area contributed by atoms with Gasteiger partial charge in [0.05, 0.1) is 6.16 Å². The summed E-state index contributed by atoms with van der Waals surface area (Å²) in [5.74, 6) is 0. The fourth-order valence-electron chi connectivity index (χ4n) is 0.379. The van der Waals surface area contributed by atoms with Gasteiger partial charge in [-0.25, -0.2) is 0 Å². The molecule has 0 aliphatic heterocycles. The molecule has 0 radical (unpaired) electrons. The van der Waals surface area contributed by atoms with Crippen LogP contribution >= 0.6 is 8.46 Å². The molecule has 60 valence electrons. The molecule has 1 atom stereocenters. The first-order chi connectivity index (χ1) is 4.52. The van der Waals surface area contributed by atoms with E-state index in [0.29, 0.717) is 0 Å². The Balaban J connectivity index is 3.92. The molecule has 0 amide bonds. The van der Waals surface area contributed by atoms with Gasteiger partial charge in [0.15, 0.2) is 14.6 Å². The molecule has 0 bridgehead atoms. The van der Waals surface area contributed by atoms with Gasteiger partial charge in [0.2, 0.25) is 0 Å². The van der Waals surface area contributed by atoms with Crippen LogP contribution in [0.15, 0.2) is 0 Å². The SMILES string of the molecule is COC(CP=O)C(F)(F)F. The molecule has 1 unspecified atom stereocenters. The molecule has 0 spiro atoms. The lowest BCUT2D eigenvalue weighted by Crippen LogP contribution is -2.32. The first-order valence-electron chi connectivity index (χ1n) is 2.41. The van der Waals surface area contributed by atoms with Gasteiger partial charge in [0, 0.05) is 7.11 Å². The molecule has 0 aromatic heterocycles. The molecule has 0 rings (SSSR count). The summed E-state index contributed by atoms with van der Waals surface area (Å²) in [6, 6.07) is 0. The van der Waals surface area contributed by atoms with Crippen molar-refractivity contribution in [3.8, 4) is 0 Å². The van der Waals surface area contributed by atoms with Gasteiger partial charge in [-0.15, -0.1) is 0 Å². The second kappa shape index (κ2) is 3.88. The quantitative estimate of drug-likeness (QED) is 0.610. The van der Waals surface area contributed by atoms with E-state index in [1.165, 1.54) is 0 Å². The van der Waals surface area contributed by atoms with Gasteiger partial charge in [-0.3, -0.25) is 4.57 Å². The number of alkyl halides is 3. The van der Waals surface area contributed by atoms with Crippen molar-refractivity contribution < 1.29 is 22.5 Å². The Hall–Kier alpha value is -0.150. The molecule has 0 aliphatic carbocycles. The van der Waals surface area contributed by atoms with Crippen LogP contribution in [-0.4, -0.2) is 25.6 Å². The number of ether oxygens (including phenoxy) is 1. The van der Waals surface area contributed by atoms with Crippen LogP contribution in [0, 0.1) is 0 Å². The summed E-state index contributed by atoms with van der Waals surface area (Å²) >= 11 is 0. The molecule has 0 heterocycles. The second-order valence-electron chi connectivity index (χ2n) is 1.58. The minimum Gasteiger partial charge on any atom is -0.371 e. The Kier molecular flexibility index (Phi) is 3.83. The molecule has 6 heteroatoms. The van der Waals surface area contributed by atoms with Crippen molar-refractivity contribution in [2.24, 2.45) is 0 Å². The predicted molar refractivity (Wildman–Crippen MR) is 29.3 cm³/mol. The molecular weight excluding hydrogens is 168 g/mol. The van der Waals surface area contributed by atoms with Crippen LogP contribution in [0.25, 0.3) is 0 Å². The average Bonchev–Trinajstić information content (AvgIpc) is 1.80. The van der Waals surface area contributed by atoms with Crippen molar-refractivity contribution >= 4 is 8.46 Å². The third-order valence-corrected chi connectivity index (χ3v) is 1.37. The summed E-state index contributed by atoms with van der Waals surface area (Å²) in [5, 5.41) is 0. The van der Waals surface area contributed by atoms with E-state index in [1.54, 1.807) is 0 Å². The van der Waals surface area contributed by atoms with Crippen LogP contribution in [0.2, 0.25) is 0 Å². The lowest BCUT2D eigenvalue weighted by Gasteiger charge is -2.14. The van der Waals surface area contributed by atoms with Gasteiger partial charge < -0.3 is 4.74 Å². The monoisotopic (exact) mass is 174 g/mol. The van der Waals surface area contributed by atoms with Gasteiger partial charge in [-0.05, 0) is 0 Å². The van der Waals surface area contributed by atoms with E-state index in [4.69, 9.17) is 0 Å². The molecule has 0 fully saturated rings. The van der Waals surface area contributed by atoms with Crippen molar-refractivity contribution in [1.29, 1.82) is 0 Å². The number of hydrogen-bond acceptors (Lipinski definition) is 2. The summed E-state index contributed by atoms with van der Waals surface area (Å²) in [5.41, 5.74) is 0. The summed E-state index contributed by atoms with van der Waals surface area (Å²) in [6.07, 6.45) is -6.86. The molecule has 2 nitrogen and oxygen atoms in total. The van der Waals surface area contributed by atoms with Crippen LogP contribution in [0.3, 0.4) is 0 Å². The lowest BCUT2D eigenvalue weighted by molar-refractivity contribution is -0.204. The standard InChI is InChI=1S/C4H6F3O2P/c1-9-3(2-10-8)4(5,6)7/h3H,2H2,1H3. The normalized spacial score (nSPS) is 15.6. The van der Waals surface area contributed by atoms with Gasteiger partial charge in [0.25, 0.3) is 0 Å². The summed E-state index contributed by atoms with van der Waals surface area (Å²) in [7, 11) is 0.379. The molecule has 0 saturated carbocycles. The zero-order valence-electron chi connectivity index (χ0n) is 5.18. The minimum atomic E-state index is -4.41. The Morgan fingerprint density at radius 2 is 2.10 bits per heavy atom. The number of methoxy groups -OCH3 is 1. The highest BCUT2D eigenvalue weighted by atomic mass is 31.1. The molecule has 0 aliphatic rings. The van der Waals surface area contributed by atoms with Crippen molar-refractivity contribution in [2.45, 2.75) is 12.3 Å². The molecule has 0 aromatic carbocycles. The van der Waals surface area contributed by atoms with E-state index < -0.39 is 26.9 Å². The minimum absolute atomic E-state index is 0.542. The topological polar surface area (TPSA) is 26.3 Å². The predicted octanol–water partition coefficient (Wildman–Crippen LogP) is 1.86. The van der Waals surface area contributed by atoms with Gasteiger partial charge in [0.1, 0.15) is 0 Å². The van der Waals surface area contributed by atoms with Crippen molar-refractivity contribution in [3.05, 3.63) is 0 Å². The number of rotatable bonds is 3. The molecule has 0 N–H and O–H groups in total. The Labute approximate surface area is 57.6 Å². The Bertz CT molecular complexity index is 114. The summed E-state index contributed by atoms with van der Waals surface area (Å²) < 4.78 is 48.7. The summed E-state index contributed by atoms with van der Waals surface area (Å²) in [6.45, 7) is 0. The van der Waals surface area contributed by atoms with E-state index in [1.807, 2.05) is 0 Å². The van der Waals surface area contributed by atoms with Crippen LogP contribution in [0.4, 0.5) is 13.2 Å². The Morgan fingerprint density at radius 1 is 1.60 bits per heavy atom. The molecule has 10 heavy (non-hydrogen) atoms. The third-order valence-electron chi connectivity index (χ3n) is 0.890. The van der Waals surface area contributed by atoms with Crippen molar-refractivity contribution in [3.63, 3.8) is 0 Å². The fourth-order valence-corrected chi connectivity index (χ4v) is 0.871. The maximum absolute atomic E-state index is 11.6. The Morgan fingerprint density at radius 3 is 2.20 bits per heavy atom. The molecule has 0 saturated heterocycles. The lowest BCUT2D eigenvalue weighted by atomic mass is 10.4. The van der Waals surface area contributed by atoms with Gasteiger partial charge in [-0.2, -0.15) is 13.2 Å². The fraction of sp³-hybridized carbons (Fsp3) is 1.00. The van der Waals surface area contributed by atoms with Crippen LogP contribution in [-0.2, 0) is 9.30 Å². The first-order valence-corrected chi connectivity index (χ1v) is 3.40. The number of halogens is 3. The number of hydrogen-bond donors (Lipinski definition) is 0. The van der Waals surface area contributed by atoms with Crippen molar-refractivity contribution in [2.75, 3.05) is 13.3 Å². The van der Waals surface area contributed by atoms with E-state index in [2.05, 4.69) is 4.74 Å². The van der Waals surface area contributed by atoms with E-state index in [-0.39, 0.29) is 0 Å². The van der Waals surface area contributed by atoms with Gasteiger partial charge >= 0.3 is 6.18 Å². The highest BCUT2D eigenvalue weighted by Gasteiger charge is 2.39. The maximum atomic E-state index is 11.6. The largest absolute Gasteiger partial charge is 0.415 e. The highest BCUT2D eigenvalue weighted by Crippen LogP contribution is 2.24. The average molecular weight is 174 g/mol. The first kappa shape index (κ1) is 9.85. The molecular formula is C4H6F3O2P. The maximum Gasteiger partial charge on any atom is 0.415 e. The second-order valence-corrected chi connectivity index (χ2v) is 2.20. The smallest absolute Gasteiger partial charge is 0.371 e. The van der Waals surface area contributed by atoms with Crippen molar-refractivity contribution in [1.82, 2.24) is 0 Å². The molecule has 0 aromatic rings. The van der Waals surface area contributed by atoms with Crippen LogP contribution < -0.4 is 0 Å².